The van der Waals surface area contributed by atoms with E-state index in [2.05, 4.69) is 4.90 Å². The highest BCUT2D eigenvalue weighted by atomic mass is 16.4. The van der Waals surface area contributed by atoms with Gasteiger partial charge in [0.05, 0.1) is 6.42 Å². The van der Waals surface area contributed by atoms with Crippen molar-refractivity contribution < 1.29 is 9.90 Å². The maximum atomic E-state index is 10.7. The van der Waals surface area contributed by atoms with Crippen LogP contribution in [-0.2, 0) is 4.79 Å². The van der Waals surface area contributed by atoms with Crippen molar-refractivity contribution in [1.29, 1.82) is 0 Å². The van der Waals surface area contributed by atoms with Crippen molar-refractivity contribution in [3.63, 3.8) is 0 Å². The van der Waals surface area contributed by atoms with Crippen LogP contribution in [0.5, 0.6) is 0 Å². The van der Waals surface area contributed by atoms with E-state index in [-0.39, 0.29) is 12.5 Å². The lowest BCUT2D eigenvalue weighted by Gasteiger charge is -2.45. The molecule has 1 aliphatic carbocycles. The zero-order chi connectivity index (χ0) is 12.3. The van der Waals surface area contributed by atoms with Crippen molar-refractivity contribution in [1.82, 2.24) is 4.90 Å². The molecule has 0 aromatic heterocycles. The van der Waals surface area contributed by atoms with Gasteiger partial charge in [-0.1, -0.05) is 19.3 Å². The molecule has 1 atom stereocenters. The van der Waals surface area contributed by atoms with Crippen LogP contribution in [0.15, 0.2) is 0 Å². The Morgan fingerprint density at radius 2 is 1.76 bits per heavy atom. The van der Waals surface area contributed by atoms with Gasteiger partial charge in [-0.2, -0.15) is 0 Å². The molecule has 0 aromatic carbocycles. The number of aliphatic carboxylic acids is 1. The molecule has 1 aliphatic heterocycles. The third kappa shape index (κ3) is 3.21. The molecule has 1 saturated heterocycles. The quantitative estimate of drug-likeness (QED) is 0.823. The standard InChI is InChI=1S/C14H25NO2/c1-12(11-13(16)17)15-9-7-14(8-10-15)5-3-2-4-6-14/h12H,2-11H2,1H3,(H,16,17). The van der Waals surface area contributed by atoms with E-state index in [0.717, 1.165) is 13.1 Å². The SMILES string of the molecule is CC(CC(=O)O)N1CCC2(CCCCC2)CC1. The van der Waals surface area contributed by atoms with Crippen LogP contribution in [-0.4, -0.2) is 35.1 Å². The molecule has 1 N–H and O–H groups in total. The van der Waals surface area contributed by atoms with E-state index in [4.69, 9.17) is 5.11 Å². The van der Waals surface area contributed by atoms with Crippen LogP contribution < -0.4 is 0 Å². The lowest BCUT2D eigenvalue weighted by molar-refractivity contribution is -0.138. The van der Waals surface area contributed by atoms with E-state index in [1.807, 2.05) is 6.92 Å². The van der Waals surface area contributed by atoms with Crippen molar-refractivity contribution in [2.75, 3.05) is 13.1 Å². The molecule has 2 fully saturated rings. The molecule has 0 aromatic rings. The molecule has 0 bridgehead atoms. The second-order valence-electron chi connectivity index (χ2n) is 6.04. The zero-order valence-electron chi connectivity index (χ0n) is 11.0. The van der Waals surface area contributed by atoms with Crippen LogP contribution in [0.1, 0.15) is 58.3 Å². The Hall–Kier alpha value is -0.570. The van der Waals surface area contributed by atoms with Crippen LogP contribution in [0.4, 0.5) is 0 Å². The predicted molar refractivity (Wildman–Crippen MR) is 68.0 cm³/mol. The van der Waals surface area contributed by atoms with Crippen molar-refractivity contribution in [3.05, 3.63) is 0 Å². The number of rotatable bonds is 3. The number of hydrogen-bond donors (Lipinski definition) is 1. The highest BCUT2D eigenvalue weighted by molar-refractivity contribution is 5.67. The lowest BCUT2D eigenvalue weighted by Crippen LogP contribution is -2.45. The molecule has 1 heterocycles. The summed E-state index contributed by atoms with van der Waals surface area (Å²) < 4.78 is 0. The first-order chi connectivity index (χ1) is 8.11. The number of likely N-dealkylation sites (tertiary alicyclic amines) is 1. The molecule has 0 radical (unpaired) electrons. The summed E-state index contributed by atoms with van der Waals surface area (Å²) >= 11 is 0. The molecule has 1 saturated carbocycles. The summed E-state index contributed by atoms with van der Waals surface area (Å²) in [4.78, 5) is 13.1. The molecule has 3 nitrogen and oxygen atoms in total. The fraction of sp³-hybridized carbons (Fsp3) is 0.929. The van der Waals surface area contributed by atoms with Gasteiger partial charge in [0, 0.05) is 6.04 Å². The number of piperidine rings is 1. The topological polar surface area (TPSA) is 40.5 Å². The van der Waals surface area contributed by atoms with Crippen LogP contribution in [0.2, 0.25) is 0 Å². The van der Waals surface area contributed by atoms with Crippen LogP contribution in [0.25, 0.3) is 0 Å². The second kappa shape index (κ2) is 5.38. The number of nitrogens with zero attached hydrogens (tertiary/aromatic N) is 1. The molecule has 3 heteroatoms. The Morgan fingerprint density at radius 1 is 1.18 bits per heavy atom. The predicted octanol–water partition coefficient (Wildman–Crippen LogP) is 2.90. The molecule has 2 aliphatic rings. The average molecular weight is 239 g/mol. The zero-order valence-corrected chi connectivity index (χ0v) is 11.0. The van der Waals surface area contributed by atoms with Gasteiger partial charge in [-0.15, -0.1) is 0 Å². The van der Waals surface area contributed by atoms with E-state index in [0.29, 0.717) is 5.41 Å². The smallest absolute Gasteiger partial charge is 0.304 e. The Labute approximate surface area is 104 Å². The third-order valence-corrected chi connectivity index (χ3v) is 4.87. The minimum atomic E-state index is -0.671. The van der Waals surface area contributed by atoms with Crippen molar-refractivity contribution in [2.45, 2.75) is 64.3 Å². The number of carboxylic acid groups (broad SMARTS) is 1. The molecular weight excluding hydrogens is 214 g/mol. The fourth-order valence-corrected chi connectivity index (χ4v) is 3.62. The average Bonchev–Trinajstić information content (AvgIpc) is 2.30. The van der Waals surface area contributed by atoms with Crippen LogP contribution in [0.3, 0.4) is 0 Å². The van der Waals surface area contributed by atoms with E-state index in [1.165, 1.54) is 44.9 Å². The Kier molecular flexibility index (Phi) is 4.08. The molecular formula is C14H25NO2. The Bertz CT molecular complexity index is 261. The van der Waals surface area contributed by atoms with Crippen molar-refractivity contribution in [2.24, 2.45) is 5.41 Å². The number of carbonyl (C=O) groups is 1. The summed E-state index contributed by atoms with van der Waals surface area (Å²) in [6.45, 7) is 4.26. The monoisotopic (exact) mass is 239 g/mol. The summed E-state index contributed by atoms with van der Waals surface area (Å²) in [5.41, 5.74) is 0.623. The maximum Gasteiger partial charge on any atom is 0.304 e. The van der Waals surface area contributed by atoms with Gasteiger partial charge in [-0.3, -0.25) is 4.79 Å². The van der Waals surface area contributed by atoms with Gasteiger partial charge in [0.2, 0.25) is 0 Å². The van der Waals surface area contributed by atoms with Crippen molar-refractivity contribution >= 4 is 5.97 Å². The highest BCUT2D eigenvalue weighted by Gasteiger charge is 2.36. The largest absolute Gasteiger partial charge is 0.481 e. The third-order valence-electron chi connectivity index (χ3n) is 4.87. The summed E-state index contributed by atoms with van der Waals surface area (Å²) in [5, 5.41) is 8.83. The number of carboxylic acids is 1. The first kappa shape index (κ1) is 12.9. The molecule has 1 unspecified atom stereocenters. The summed E-state index contributed by atoms with van der Waals surface area (Å²) in [7, 11) is 0. The summed E-state index contributed by atoms with van der Waals surface area (Å²) in [5.74, 6) is -0.671. The van der Waals surface area contributed by atoms with Gasteiger partial charge in [-0.25, -0.2) is 0 Å². The maximum absolute atomic E-state index is 10.7. The van der Waals surface area contributed by atoms with Gasteiger partial charge >= 0.3 is 5.97 Å². The van der Waals surface area contributed by atoms with E-state index < -0.39 is 5.97 Å². The van der Waals surface area contributed by atoms with Gasteiger partial charge in [0.1, 0.15) is 0 Å². The Balaban J connectivity index is 1.82. The first-order valence-corrected chi connectivity index (χ1v) is 7.07. The first-order valence-electron chi connectivity index (χ1n) is 7.07. The van der Waals surface area contributed by atoms with Crippen molar-refractivity contribution in [3.8, 4) is 0 Å². The summed E-state index contributed by atoms with van der Waals surface area (Å²) in [6.07, 6.45) is 9.92. The molecule has 1 spiro atoms. The second-order valence-corrected chi connectivity index (χ2v) is 6.04. The molecule has 2 rings (SSSR count). The Morgan fingerprint density at radius 3 is 2.29 bits per heavy atom. The van der Waals surface area contributed by atoms with Crippen LogP contribution >= 0.6 is 0 Å². The molecule has 17 heavy (non-hydrogen) atoms. The number of hydrogen-bond acceptors (Lipinski definition) is 2. The van der Waals surface area contributed by atoms with E-state index in [1.54, 1.807) is 0 Å². The minimum Gasteiger partial charge on any atom is -0.481 e. The lowest BCUT2D eigenvalue weighted by atomic mass is 9.68. The van der Waals surface area contributed by atoms with Crippen LogP contribution in [0, 0.1) is 5.41 Å². The highest BCUT2D eigenvalue weighted by Crippen LogP contribution is 2.44. The van der Waals surface area contributed by atoms with Gasteiger partial charge in [0.15, 0.2) is 0 Å². The van der Waals surface area contributed by atoms with Gasteiger partial charge in [-0.05, 0) is 51.1 Å². The molecule has 0 amide bonds. The fourth-order valence-electron chi connectivity index (χ4n) is 3.62. The van der Waals surface area contributed by atoms with E-state index in [9.17, 15) is 4.79 Å². The summed E-state index contributed by atoms with van der Waals surface area (Å²) in [6, 6.07) is 0.202. The normalized spacial score (nSPS) is 26.9. The van der Waals surface area contributed by atoms with E-state index >= 15 is 0 Å². The van der Waals surface area contributed by atoms with Gasteiger partial charge in [0.25, 0.3) is 0 Å². The molecule has 98 valence electrons. The minimum absolute atomic E-state index is 0.202. The van der Waals surface area contributed by atoms with Gasteiger partial charge < -0.3 is 10.0 Å².